The lowest BCUT2D eigenvalue weighted by molar-refractivity contribution is -0.139. The smallest absolute Gasteiger partial charge is 0.500 e. The van der Waals surface area contributed by atoms with E-state index in [1.807, 2.05) is 21.6 Å². The highest BCUT2D eigenvalue weighted by Crippen LogP contribution is 2.35. The molecule has 1 radical (unpaired) electrons. The van der Waals surface area contributed by atoms with E-state index in [9.17, 15) is 9.59 Å². The Hall–Kier alpha value is -0.335. The van der Waals surface area contributed by atoms with E-state index in [-0.39, 0.29) is 29.3 Å². The van der Waals surface area contributed by atoms with Crippen molar-refractivity contribution in [3.05, 3.63) is 0 Å². The molecule has 0 amide bonds. The Kier molecular flexibility index (Phi) is 9.90. The van der Waals surface area contributed by atoms with Gasteiger partial charge in [-0.05, 0) is 32.6 Å². The molecule has 1 fully saturated rings. The monoisotopic (exact) mass is 402 g/mol. The number of carbonyl (C=O) groups is 2. The SMILES string of the molecule is CCC(C)(C)CCC(=O)O[B]OC(=O)CCN(C1CSSC1)C(C)(C)C. The highest BCUT2D eigenvalue weighted by atomic mass is 33.1. The number of rotatable bonds is 10. The zero-order valence-corrected chi connectivity index (χ0v) is 18.6. The Morgan fingerprint density at radius 3 is 2.08 bits per heavy atom. The summed E-state index contributed by atoms with van der Waals surface area (Å²) < 4.78 is 9.85. The molecule has 0 spiro atoms. The molecule has 1 saturated heterocycles. The van der Waals surface area contributed by atoms with Gasteiger partial charge in [-0.1, -0.05) is 48.8 Å². The first kappa shape index (κ1) is 23.7. The van der Waals surface area contributed by atoms with Gasteiger partial charge in [0, 0.05) is 36.1 Å². The Bertz CT molecular complexity index is 463. The van der Waals surface area contributed by atoms with Gasteiger partial charge in [-0.2, -0.15) is 0 Å². The average molecular weight is 402 g/mol. The van der Waals surface area contributed by atoms with Gasteiger partial charge in [-0.3, -0.25) is 14.5 Å². The second kappa shape index (κ2) is 10.9. The molecule has 0 unspecified atom stereocenters. The fraction of sp³-hybridized carbons (Fsp3) is 0.889. The van der Waals surface area contributed by atoms with Crippen molar-refractivity contribution in [2.24, 2.45) is 5.41 Å². The van der Waals surface area contributed by atoms with Gasteiger partial charge in [0.2, 0.25) is 0 Å². The van der Waals surface area contributed by atoms with Gasteiger partial charge in [0.25, 0.3) is 11.9 Å². The molecule has 26 heavy (non-hydrogen) atoms. The van der Waals surface area contributed by atoms with Crippen LogP contribution in [0.4, 0.5) is 0 Å². The van der Waals surface area contributed by atoms with Crippen LogP contribution in [0.25, 0.3) is 0 Å². The van der Waals surface area contributed by atoms with Gasteiger partial charge in [-0.25, -0.2) is 0 Å². The number of hydrogen-bond donors (Lipinski definition) is 0. The van der Waals surface area contributed by atoms with Gasteiger partial charge in [0.1, 0.15) is 0 Å². The van der Waals surface area contributed by atoms with Crippen LogP contribution in [0.15, 0.2) is 0 Å². The van der Waals surface area contributed by atoms with Gasteiger partial charge in [-0.15, -0.1) is 0 Å². The second-order valence-corrected chi connectivity index (χ2v) is 11.0. The first-order valence-corrected chi connectivity index (χ1v) is 11.8. The van der Waals surface area contributed by atoms with Crippen LogP contribution in [0.2, 0.25) is 0 Å². The summed E-state index contributed by atoms with van der Waals surface area (Å²) in [5.74, 6) is 1.42. The maximum Gasteiger partial charge on any atom is 0.662 e. The van der Waals surface area contributed by atoms with E-state index in [1.165, 1.54) is 0 Å². The summed E-state index contributed by atoms with van der Waals surface area (Å²) in [5.41, 5.74) is 0.113. The van der Waals surface area contributed by atoms with E-state index in [0.717, 1.165) is 32.0 Å². The van der Waals surface area contributed by atoms with Gasteiger partial charge < -0.3 is 9.31 Å². The van der Waals surface area contributed by atoms with Crippen molar-refractivity contribution in [3.63, 3.8) is 0 Å². The first-order valence-electron chi connectivity index (χ1n) is 9.27. The van der Waals surface area contributed by atoms with Gasteiger partial charge in [0.15, 0.2) is 0 Å². The fourth-order valence-corrected chi connectivity index (χ4v) is 5.40. The van der Waals surface area contributed by atoms with Crippen molar-refractivity contribution in [1.29, 1.82) is 0 Å². The quantitative estimate of drug-likeness (QED) is 0.403. The predicted octanol–water partition coefficient (Wildman–Crippen LogP) is 4.08. The van der Waals surface area contributed by atoms with Gasteiger partial charge >= 0.3 is 7.69 Å². The van der Waals surface area contributed by atoms with Crippen LogP contribution in [0.5, 0.6) is 0 Å². The van der Waals surface area contributed by atoms with Crippen LogP contribution in [0, 0.1) is 5.41 Å². The van der Waals surface area contributed by atoms with Crippen molar-refractivity contribution < 1.29 is 18.9 Å². The van der Waals surface area contributed by atoms with E-state index in [0.29, 0.717) is 19.0 Å². The minimum atomic E-state index is -0.376. The Morgan fingerprint density at radius 1 is 1.04 bits per heavy atom. The molecular weight excluding hydrogens is 369 g/mol. The molecule has 1 rings (SSSR count). The van der Waals surface area contributed by atoms with Crippen molar-refractivity contribution >= 4 is 41.2 Å². The van der Waals surface area contributed by atoms with Gasteiger partial charge in [0.05, 0.1) is 6.42 Å². The zero-order chi connectivity index (χ0) is 19.8. The maximum atomic E-state index is 12.0. The lowest BCUT2D eigenvalue weighted by Crippen LogP contribution is -2.50. The molecule has 0 saturated carbocycles. The average Bonchev–Trinajstić information content (AvgIpc) is 3.06. The van der Waals surface area contributed by atoms with Crippen LogP contribution in [0.1, 0.15) is 67.2 Å². The third-order valence-electron chi connectivity index (χ3n) is 4.79. The van der Waals surface area contributed by atoms with E-state index in [1.54, 1.807) is 0 Å². The second-order valence-electron chi connectivity index (χ2n) is 8.43. The molecule has 0 N–H and O–H groups in total. The lowest BCUT2D eigenvalue weighted by Gasteiger charge is -2.39. The summed E-state index contributed by atoms with van der Waals surface area (Å²) in [5, 5.41) is 0. The predicted molar refractivity (Wildman–Crippen MR) is 111 cm³/mol. The summed E-state index contributed by atoms with van der Waals surface area (Å²) in [6.45, 7) is 13.5. The minimum absolute atomic E-state index is 0.00132. The number of carbonyl (C=O) groups excluding carboxylic acids is 2. The highest BCUT2D eigenvalue weighted by molar-refractivity contribution is 8.77. The molecule has 5 nitrogen and oxygen atoms in total. The maximum absolute atomic E-state index is 12.0. The molecule has 1 aliphatic rings. The molecule has 1 aliphatic heterocycles. The van der Waals surface area contributed by atoms with E-state index in [4.69, 9.17) is 9.31 Å². The topological polar surface area (TPSA) is 55.8 Å². The van der Waals surface area contributed by atoms with Crippen molar-refractivity contribution in [1.82, 2.24) is 4.90 Å². The summed E-state index contributed by atoms with van der Waals surface area (Å²) in [4.78, 5) is 26.0. The third kappa shape index (κ3) is 9.04. The standard InChI is InChI=1S/C18H33BNO4S2/c1-7-18(5,6)10-8-15(21)23-19-24-16(22)9-11-20(17(2,3)4)14-12-25-26-13-14/h14H,7-13H2,1-6H3. The Balaban J connectivity index is 2.27. The largest absolute Gasteiger partial charge is 0.662 e. The summed E-state index contributed by atoms with van der Waals surface area (Å²) in [7, 11) is 4.64. The molecule has 0 aliphatic carbocycles. The summed E-state index contributed by atoms with van der Waals surface area (Å²) in [6, 6.07) is 0.474. The molecule has 8 heteroatoms. The first-order chi connectivity index (χ1) is 12.0. The normalized spacial score (nSPS) is 16.0. The van der Waals surface area contributed by atoms with Crippen molar-refractivity contribution in [2.75, 3.05) is 18.1 Å². The summed E-state index contributed by atoms with van der Waals surface area (Å²) in [6.07, 6.45) is 2.35. The number of hydrogen-bond acceptors (Lipinski definition) is 7. The summed E-state index contributed by atoms with van der Waals surface area (Å²) >= 11 is 0. The molecule has 0 aromatic heterocycles. The Labute approximate surface area is 167 Å². The molecule has 0 bridgehead atoms. The third-order valence-corrected chi connectivity index (χ3v) is 7.31. The molecule has 0 atom stereocenters. The Morgan fingerprint density at radius 2 is 1.58 bits per heavy atom. The molecule has 1 heterocycles. The lowest BCUT2D eigenvalue weighted by atomic mass is 9.85. The van der Waals surface area contributed by atoms with Crippen molar-refractivity contribution in [2.45, 2.75) is 78.8 Å². The minimum Gasteiger partial charge on any atom is -0.500 e. The van der Waals surface area contributed by atoms with E-state index in [2.05, 4.69) is 46.4 Å². The molecule has 149 valence electrons. The van der Waals surface area contributed by atoms with Crippen LogP contribution in [-0.2, 0) is 18.9 Å². The molecular formula is C18H33BNO4S2. The van der Waals surface area contributed by atoms with Crippen LogP contribution in [0.3, 0.4) is 0 Å². The van der Waals surface area contributed by atoms with Crippen LogP contribution >= 0.6 is 21.6 Å². The van der Waals surface area contributed by atoms with Crippen LogP contribution < -0.4 is 0 Å². The molecule has 0 aromatic carbocycles. The van der Waals surface area contributed by atoms with Crippen LogP contribution in [-0.4, -0.2) is 54.2 Å². The molecule has 0 aromatic rings. The van der Waals surface area contributed by atoms with E-state index >= 15 is 0 Å². The number of nitrogens with zero attached hydrogens (tertiary/aromatic N) is 1. The highest BCUT2D eigenvalue weighted by Gasteiger charge is 2.32. The van der Waals surface area contributed by atoms with E-state index < -0.39 is 0 Å². The fourth-order valence-electron chi connectivity index (χ4n) is 2.63. The van der Waals surface area contributed by atoms with Crippen molar-refractivity contribution in [3.8, 4) is 0 Å². The zero-order valence-electron chi connectivity index (χ0n) is 17.0.